The number of carboxylic acid groups (broad SMARTS) is 2. The Morgan fingerprint density at radius 2 is 1.12 bits per heavy atom. The van der Waals surface area contributed by atoms with Gasteiger partial charge in [-0.15, -0.1) is 0 Å². The van der Waals surface area contributed by atoms with Gasteiger partial charge in [-0.3, -0.25) is 19.2 Å². The zero-order chi connectivity index (χ0) is 18.5. The highest BCUT2D eigenvalue weighted by Crippen LogP contribution is 2.23. The predicted molar refractivity (Wildman–Crippen MR) is 91.4 cm³/mol. The highest BCUT2D eigenvalue weighted by atomic mass is 33.1. The maximum Gasteiger partial charge on any atom is 0.322 e. The quantitative estimate of drug-likeness (QED) is 0.157. The number of hydrogen-bond donors (Lipinski definition) is 6. The molecule has 0 aromatic rings. The molecule has 0 spiro atoms. The third-order valence-electron chi connectivity index (χ3n) is 2.61. The minimum Gasteiger partial charge on any atom is -0.480 e. The molecule has 0 saturated carbocycles. The molecule has 0 unspecified atom stereocenters. The van der Waals surface area contributed by atoms with E-state index in [-0.39, 0.29) is 0 Å². The second kappa shape index (κ2) is 12.9. The maximum absolute atomic E-state index is 11.4. The van der Waals surface area contributed by atoms with Crippen molar-refractivity contribution in [3.8, 4) is 0 Å². The van der Waals surface area contributed by atoms with Crippen LogP contribution in [0.25, 0.3) is 0 Å². The Morgan fingerprint density at radius 1 is 0.792 bits per heavy atom. The molecular weight excluding hydrogens is 360 g/mol. The zero-order valence-corrected chi connectivity index (χ0v) is 14.5. The van der Waals surface area contributed by atoms with Crippen LogP contribution in [-0.2, 0) is 19.2 Å². The number of carbonyl (C=O) groups excluding carboxylic acids is 2. The summed E-state index contributed by atoms with van der Waals surface area (Å²) in [5.41, 5.74) is 11.2. The van der Waals surface area contributed by atoms with Crippen molar-refractivity contribution in [3.63, 3.8) is 0 Å². The third-order valence-corrected chi connectivity index (χ3v) is 5.08. The molecular formula is C12H22N4O6S2. The lowest BCUT2D eigenvalue weighted by molar-refractivity contribution is -0.138. The van der Waals surface area contributed by atoms with Gasteiger partial charge in [0.15, 0.2) is 0 Å². The molecule has 0 aliphatic heterocycles. The van der Waals surface area contributed by atoms with Gasteiger partial charge in [0.25, 0.3) is 0 Å². The SMILES string of the molecule is N[C@H](CCSSCC[C@@H](N)C(=O)NCC(=O)O)C(=O)NCC(=O)O. The molecule has 0 radical (unpaired) electrons. The van der Waals surface area contributed by atoms with E-state index in [9.17, 15) is 19.2 Å². The molecule has 0 aliphatic carbocycles. The Hall–Kier alpha value is -1.50. The Labute approximate surface area is 146 Å². The summed E-state index contributed by atoms with van der Waals surface area (Å²) >= 11 is 0. The summed E-state index contributed by atoms with van der Waals surface area (Å²) in [5, 5.41) is 21.3. The molecule has 2 atom stereocenters. The van der Waals surface area contributed by atoms with E-state index in [0.29, 0.717) is 24.3 Å². The van der Waals surface area contributed by atoms with E-state index in [1.54, 1.807) is 0 Å². The summed E-state index contributed by atoms with van der Waals surface area (Å²) in [4.78, 5) is 43.5. The van der Waals surface area contributed by atoms with Crippen LogP contribution in [0.2, 0.25) is 0 Å². The van der Waals surface area contributed by atoms with Gasteiger partial charge in [-0.1, -0.05) is 21.6 Å². The summed E-state index contributed by atoms with van der Waals surface area (Å²) in [5.74, 6) is -2.15. The van der Waals surface area contributed by atoms with Gasteiger partial charge in [-0.05, 0) is 12.8 Å². The smallest absolute Gasteiger partial charge is 0.322 e. The van der Waals surface area contributed by atoms with Crippen LogP contribution >= 0.6 is 21.6 Å². The van der Waals surface area contributed by atoms with Crippen molar-refractivity contribution in [2.75, 3.05) is 24.6 Å². The summed E-state index contributed by atoms with van der Waals surface area (Å²) in [6.45, 7) is -0.924. The first kappa shape index (κ1) is 22.5. The van der Waals surface area contributed by atoms with Crippen molar-refractivity contribution < 1.29 is 29.4 Å². The first-order valence-electron chi connectivity index (χ1n) is 6.98. The van der Waals surface area contributed by atoms with Crippen LogP contribution < -0.4 is 22.1 Å². The molecule has 0 aliphatic rings. The molecule has 0 rings (SSSR count). The van der Waals surface area contributed by atoms with Gasteiger partial charge in [-0.25, -0.2) is 0 Å². The number of nitrogens with one attached hydrogen (secondary N) is 2. The van der Waals surface area contributed by atoms with Crippen molar-refractivity contribution in [2.24, 2.45) is 11.5 Å². The predicted octanol–water partition coefficient (Wildman–Crippen LogP) is -1.80. The van der Waals surface area contributed by atoms with Crippen molar-refractivity contribution in [1.82, 2.24) is 10.6 Å². The fraction of sp³-hybridized carbons (Fsp3) is 0.667. The molecule has 12 heteroatoms. The molecule has 0 fully saturated rings. The average molecular weight is 382 g/mol. The first-order valence-corrected chi connectivity index (χ1v) is 9.47. The van der Waals surface area contributed by atoms with Crippen LogP contribution in [-0.4, -0.2) is 70.6 Å². The van der Waals surface area contributed by atoms with Crippen molar-refractivity contribution >= 4 is 45.3 Å². The van der Waals surface area contributed by atoms with Crippen LogP contribution in [0.5, 0.6) is 0 Å². The largest absolute Gasteiger partial charge is 0.480 e. The number of hydrogen-bond acceptors (Lipinski definition) is 8. The lowest BCUT2D eigenvalue weighted by Gasteiger charge is -2.12. The topological polar surface area (TPSA) is 185 Å². The van der Waals surface area contributed by atoms with Crippen LogP contribution in [0.3, 0.4) is 0 Å². The van der Waals surface area contributed by atoms with Gasteiger partial charge in [0.05, 0.1) is 12.1 Å². The standard InChI is InChI=1S/C12H22N4O6S2/c13-7(11(21)15-5-9(17)18)1-3-23-24-4-2-8(14)12(22)16-6-10(19)20/h7-8H,1-6,13-14H2,(H,15,21)(H,16,22)(H,17,18)(H,19,20)/t7-,8-/m1/s1. The van der Waals surface area contributed by atoms with Gasteiger partial charge < -0.3 is 32.3 Å². The maximum atomic E-state index is 11.4. The molecule has 0 aromatic carbocycles. The molecule has 10 nitrogen and oxygen atoms in total. The number of nitrogens with two attached hydrogens (primary N) is 2. The number of carboxylic acids is 2. The monoisotopic (exact) mass is 382 g/mol. The minimum absolute atomic E-state index is 0.383. The lowest BCUT2D eigenvalue weighted by atomic mass is 10.2. The zero-order valence-electron chi connectivity index (χ0n) is 12.9. The van der Waals surface area contributed by atoms with Crippen molar-refractivity contribution in [2.45, 2.75) is 24.9 Å². The fourth-order valence-electron chi connectivity index (χ4n) is 1.32. The molecule has 24 heavy (non-hydrogen) atoms. The highest BCUT2D eigenvalue weighted by Gasteiger charge is 2.15. The van der Waals surface area contributed by atoms with Crippen LogP contribution in [0.15, 0.2) is 0 Å². The third kappa shape index (κ3) is 12.0. The highest BCUT2D eigenvalue weighted by molar-refractivity contribution is 8.76. The normalized spacial score (nSPS) is 12.9. The second-order valence-electron chi connectivity index (χ2n) is 4.66. The first-order chi connectivity index (χ1) is 11.2. The Morgan fingerprint density at radius 3 is 1.42 bits per heavy atom. The molecule has 0 heterocycles. The summed E-state index contributed by atoms with van der Waals surface area (Å²) < 4.78 is 0. The van der Waals surface area contributed by atoms with Crippen LogP contribution in [0, 0.1) is 0 Å². The number of rotatable bonds is 13. The Kier molecular flexibility index (Phi) is 12.1. The van der Waals surface area contributed by atoms with Gasteiger partial charge in [0.2, 0.25) is 11.8 Å². The van der Waals surface area contributed by atoms with Crippen molar-refractivity contribution in [1.29, 1.82) is 0 Å². The summed E-state index contributed by atoms with van der Waals surface area (Å²) in [6.07, 6.45) is 0.766. The molecule has 0 aromatic heterocycles. The van der Waals surface area contributed by atoms with Crippen LogP contribution in [0.4, 0.5) is 0 Å². The Bertz CT molecular complexity index is 411. The minimum atomic E-state index is -1.13. The number of amides is 2. The van der Waals surface area contributed by atoms with E-state index in [1.807, 2.05) is 0 Å². The van der Waals surface area contributed by atoms with E-state index in [4.69, 9.17) is 21.7 Å². The second-order valence-corrected chi connectivity index (χ2v) is 7.36. The summed E-state index contributed by atoms with van der Waals surface area (Å²) in [6, 6.07) is -1.55. The van der Waals surface area contributed by atoms with Gasteiger partial charge in [0, 0.05) is 11.5 Å². The van der Waals surface area contributed by atoms with E-state index in [0.717, 1.165) is 0 Å². The molecule has 0 bridgehead atoms. The van der Waals surface area contributed by atoms with Gasteiger partial charge in [0.1, 0.15) is 13.1 Å². The number of aliphatic carboxylic acids is 2. The molecule has 8 N–H and O–H groups in total. The summed E-state index contributed by atoms with van der Waals surface area (Å²) in [7, 11) is 2.91. The van der Waals surface area contributed by atoms with E-state index in [1.165, 1.54) is 21.6 Å². The van der Waals surface area contributed by atoms with E-state index >= 15 is 0 Å². The molecule has 0 saturated heterocycles. The Balaban J connectivity index is 3.68. The van der Waals surface area contributed by atoms with Crippen molar-refractivity contribution in [3.05, 3.63) is 0 Å². The number of carbonyl (C=O) groups is 4. The molecule has 138 valence electrons. The van der Waals surface area contributed by atoms with E-state index in [2.05, 4.69) is 10.6 Å². The van der Waals surface area contributed by atoms with Gasteiger partial charge >= 0.3 is 11.9 Å². The average Bonchev–Trinajstić information content (AvgIpc) is 2.52. The molecule has 2 amide bonds. The fourth-order valence-corrected chi connectivity index (χ4v) is 3.54. The van der Waals surface area contributed by atoms with E-state index < -0.39 is 48.9 Å². The van der Waals surface area contributed by atoms with Crippen LogP contribution in [0.1, 0.15) is 12.8 Å². The lowest BCUT2D eigenvalue weighted by Crippen LogP contribution is -2.43. The van der Waals surface area contributed by atoms with Gasteiger partial charge in [-0.2, -0.15) is 0 Å².